The van der Waals surface area contributed by atoms with Crippen LogP contribution >= 0.6 is 11.3 Å². The van der Waals surface area contributed by atoms with Crippen molar-refractivity contribution in [3.05, 3.63) is 213 Å². The molecule has 6 heteroatoms. The molecule has 13 aromatic rings. The number of thiophene rings is 1. The van der Waals surface area contributed by atoms with Crippen LogP contribution in [0.25, 0.3) is 120 Å². The van der Waals surface area contributed by atoms with Crippen LogP contribution in [-0.2, 0) is 0 Å². The number of nitrogens with zero attached hydrogens (tertiary/aromatic N) is 5. The van der Waals surface area contributed by atoms with Crippen LogP contribution in [0, 0.1) is 0 Å². The highest BCUT2D eigenvalue weighted by Gasteiger charge is 2.19. The lowest BCUT2D eigenvalue weighted by Gasteiger charge is -2.13. The minimum Gasteiger partial charge on any atom is -0.308 e. The number of hydrogen-bond donors (Lipinski definition) is 0. The lowest BCUT2D eigenvalue weighted by molar-refractivity contribution is 1.08. The van der Waals surface area contributed by atoms with E-state index in [0.717, 1.165) is 83.7 Å². The number of para-hydroxylation sites is 2. The molecule has 63 heavy (non-hydrogen) atoms. The fraction of sp³-hybridized carbons (Fsp3) is 0. The van der Waals surface area contributed by atoms with Gasteiger partial charge in [0.15, 0.2) is 0 Å². The second kappa shape index (κ2) is 14.2. The summed E-state index contributed by atoms with van der Waals surface area (Å²) in [7, 11) is 0. The topological polar surface area (TPSA) is 48.5 Å². The van der Waals surface area contributed by atoms with Gasteiger partial charge in [0.1, 0.15) is 5.82 Å². The molecule has 0 saturated carbocycles. The number of fused-ring (bicyclic) bond motifs is 9. The predicted molar refractivity (Wildman–Crippen MR) is 263 cm³/mol. The van der Waals surface area contributed by atoms with Gasteiger partial charge in [-0.15, -0.1) is 11.3 Å². The van der Waals surface area contributed by atoms with E-state index in [1.807, 2.05) is 24.7 Å². The molecule has 294 valence electrons. The van der Waals surface area contributed by atoms with Gasteiger partial charge in [0.05, 0.1) is 49.9 Å². The molecular formula is C57H35N5S. The highest BCUT2D eigenvalue weighted by molar-refractivity contribution is 7.25. The standard InChI is InChI=1S/C57H35N5S/c1-3-12-36(13-4-1)41-31-49(37-14-5-2-6-15-37)60-56(33-41)62-51-19-10-7-16-44(51)46-24-21-40(32-53(46)62)38-22-25-52-47(29-38)45-17-8-9-18-50(45)61(52)43-28-42(34-58-35-43)39-23-26-54-48(30-39)57-55(63-54)20-11-27-59-57/h1-35H. The summed E-state index contributed by atoms with van der Waals surface area (Å²) in [6.45, 7) is 0. The molecular weight excluding hydrogens is 787 g/mol. The van der Waals surface area contributed by atoms with Crippen LogP contribution in [-0.4, -0.2) is 24.1 Å². The van der Waals surface area contributed by atoms with E-state index in [1.54, 1.807) is 11.3 Å². The van der Waals surface area contributed by atoms with Crippen molar-refractivity contribution < 1.29 is 0 Å². The Morgan fingerprint density at radius 2 is 1.02 bits per heavy atom. The number of benzene rings is 7. The molecule has 0 atom stereocenters. The van der Waals surface area contributed by atoms with E-state index < -0.39 is 0 Å². The van der Waals surface area contributed by atoms with Gasteiger partial charge >= 0.3 is 0 Å². The summed E-state index contributed by atoms with van der Waals surface area (Å²) in [5.41, 5.74) is 15.3. The molecule has 5 nitrogen and oxygen atoms in total. The predicted octanol–water partition coefficient (Wildman–Crippen LogP) is 15.1. The Balaban J connectivity index is 0.961. The number of aromatic nitrogens is 5. The highest BCUT2D eigenvalue weighted by atomic mass is 32.1. The summed E-state index contributed by atoms with van der Waals surface area (Å²) in [4.78, 5) is 14.9. The smallest absolute Gasteiger partial charge is 0.138 e. The van der Waals surface area contributed by atoms with E-state index in [0.29, 0.717) is 0 Å². The normalized spacial score (nSPS) is 11.8. The molecule has 6 heterocycles. The first kappa shape index (κ1) is 35.6. The second-order valence-corrected chi connectivity index (χ2v) is 17.2. The summed E-state index contributed by atoms with van der Waals surface area (Å²) in [6.07, 6.45) is 5.81. The molecule has 13 rings (SSSR count). The maximum Gasteiger partial charge on any atom is 0.138 e. The van der Waals surface area contributed by atoms with Gasteiger partial charge in [-0.2, -0.15) is 0 Å². The summed E-state index contributed by atoms with van der Waals surface area (Å²) in [6, 6.07) is 69.7. The van der Waals surface area contributed by atoms with Crippen LogP contribution in [0.15, 0.2) is 213 Å². The molecule has 0 amide bonds. The lowest BCUT2D eigenvalue weighted by atomic mass is 10.0. The first-order valence-corrected chi connectivity index (χ1v) is 22.0. The van der Waals surface area contributed by atoms with Gasteiger partial charge in [0, 0.05) is 55.2 Å². The van der Waals surface area contributed by atoms with E-state index in [9.17, 15) is 0 Å². The Labute approximate surface area is 366 Å². The molecule has 7 aromatic carbocycles. The molecule has 0 aliphatic heterocycles. The monoisotopic (exact) mass is 821 g/mol. The van der Waals surface area contributed by atoms with Gasteiger partial charge in [-0.05, 0) is 101 Å². The van der Waals surface area contributed by atoms with Crippen molar-refractivity contribution in [3.8, 4) is 56.1 Å². The SMILES string of the molecule is c1ccc(-c2cc(-c3ccccc3)nc(-n3c4ccccc4c4ccc(-c5ccc6c(c5)c5ccccc5n6-c5cncc(-c6ccc7sc8cccnc8c7c6)c5)cc43)c2)cc1. The van der Waals surface area contributed by atoms with Gasteiger partial charge in [-0.1, -0.05) is 121 Å². The average molecular weight is 822 g/mol. The maximum atomic E-state index is 5.38. The summed E-state index contributed by atoms with van der Waals surface area (Å²) < 4.78 is 7.13. The van der Waals surface area contributed by atoms with Gasteiger partial charge in [0.2, 0.25) is 0 Å². The van der Waals surface area contributed by atoms with Crippen molar-refractivity contribution in [3.63, 3.8) is 0 Å². The molecule has 0 aliphatic carbocycles. The van der Waals surface area contributed by atoms with Crippen molar-refractivity contribution in [2.45, 2.75) is 0 Å². The third-order valence-electron chi connectivity index (χ3n) is 12.4. The Hall–Kier alpha value is -8.19. The van der Waals surface area contributed by atoms with Crippen LogP contribution in [0.4, 0.5) is 0 Å². The van der Waals surface area contributed by atoms with Crippen molar-refractivity contribution in [2.75, 3.05) is 0 Å². The zero-order valence-corrected chi connectivity index (χ0v) is 34.7. The molecule has 0 spiro atoms. The Bertz CT molecular complexity index is 3860. The van der Waals surface area contributed by atoms with Gasteiger partial charge in [0.25, 0.3) is 0 Å². The van der Waals surface area contributed by atoms with Gasteiger partial charge in [-0.25, -0.2) is 4.98 Å². The zero-order valence-electron chi connectivity index (χ0n) is 33.9. The number of pyridine rings is 3. The van der Waals surface area contributed by atoms with Crippen molar-refractivity contribution >= 4 is 75.3 Å². The van der Waals surface area contributed by atoms with E-state index in [2.05, 4.69) is 197 Å². The Kier molecular flexibility index (Phi) is 8.01. The Morgan fingerprint density at radius 1 is 0.365 bits per heavy atom. The molecule has 6 aromatic heterocycles. The quantitative estimate of drug-likeness (QED) is 0.168. The highest BCUT2D eigenvalue weighted by Crippen LogP contribution is 2.40. The van der Waals surface area contributed by atoms with Crippen LogP contribution in [0.3, 0.4) is 0 Å². The van der Waals surface area contributed by atoms with E-state index in [-0.39, 0.29) is 0 Å². The van der Waals surface area contributed by atoms with E-state index >= 15 is 0 Å². The van der Waals surface area contributed by atoms with Crippen molar-refractivity contribution in [1.29, 1.82) is 0 Å². The summed E-state index contributed by atoms with van der Waals surface area (Å²) in [5.74, 6) is 0.883. The van der Waals surface area contributed by atoms with Crippen LogP contribution in [0.1, 0.15) is 0 Å². The number of rotatable bonds is 6. The Morgan fingerprint density at radius 3 is 1.86 bits per heavy atom. The zero-order chi connectivity index (χ0) is 41.4. The summed E-state index contributed by atoms with van der Waals surface area (Å²) in [5, 5.41) is 5.95. The molecule has 0 saturated heterocycles. The molecule has 0 aliphatic rings. The minimum atomic E-state index is 0.883. The fourth-order valence-corrected chi connectivity index (χ4v) is 10.5. The first-order chi connectivity index (χ1) is 31.2. The summed E-state index contributed by atoms with van der Waals surface area (Å²) >= 11 is 1.78. The van der Waals surface area contributed by atoms with E-state index in [1.165, 1.54) is 36.3 Å². The molecule has 0 fully saturated rings. The first-order valence-electron chi connectivity index (χ1n) is 21.2. The third kappa shape index (κ3) is 5.80. The molecule has 0 bridgehead atoms. The molecule has 0 radical (unpaired) electrons. The van der Waals surface area contributed by atoms with Crippen LogP contribution in [0.5, 0.6) is 0 Å². The van der Waals surface area contributed by atoms with E-state index in [4.69, 9.17) is 15.0 Å². The number of hydrogen-bond acceptors (Lipinski definition) is 4. The minimum absolute atomic E-state index is 0.883. The van der Waals surface area contributed by atoms with Crippen LogP contribution < -0.4 is 0 Å². The largest absolute Gasteiger partial charge is 0.308 e. The van der Waals surface area contributed by atoms with Gasteiger partial charge in [-0.3, -0.25) is 14.5 Å². The maximum absolute atomic E-state index is 5.38. The molecule has 0 N–H and O–H groups in total. The van der Waals surface area contributed by atoms with Crippen LogP contribution in [0.2, 0.25) is 0 Å². The molecule has 0 unspecified atom stereocenters. The average Bonchev–Trinajstić information content (AvgIpc) is 4.01. The van der Waals surface area contributed by atoms with Gasteiger partial charge < -0.3 is 4.57 Å². The van der Waals surface area contributed by atoms with Crippen molar-refractivity contribution in [1.82, 2.24) is 24.1 Å². The lowest BCUT2D eigenvalue weighted by Crippen LogP contribution is -2.00. The fourth-order valence-electron chi connectivity index (χ4n) is 9.50. The second-order valence-electron chi connectivity index (χ2n) is 16.1. The van der Waals surface area contributed by atoms with Crippen molar-refractivity contribution in [2.24, 2.45) is 0 Å². The third-order valence-corrected chi connectivity index (χ3v) is 13.6.